The van der Waals surface area contributed by atoms with Gasteiger partial charge in [-0.05, 0) is 13.8 Å². The van der Waals surface area contributed by atoms with E-state index in [-0.39, 0.29) is 11.6 Å². The van der Waals surface area contributed by atoms with Gasteiger partial charge < -0.3 is 9.63 Å². The van der Waals surface area contributed by atoms with Gasteiger partial charge in [-0.15, -0.1) is 21.6 Å². The van der Waals surface area contributed by atoms with Crippen LogP contribution in [0, 0.1) is 13.8 Å². The van der Waals surface area contributed by atoms with E-state index >= 15 is 0 Å². The molecule has 2 heterocycles. The van der Waals surface area contributed by atoms with Crippen molar-refractivity contribution in [3.8, 4) is 5.95 Å². The summed E-state index contributed by atoms with van der Waals surface area (Å²) in [5.41, 5.74) is 1.62. The largest absolute Gasteiger partial charge is 0.478 e. The van der Waals surface area contributed by atoms with Gasteiger partial charge in [-0.1, -0.05) is 5.16 Å². The van der Waals surface area contributed by atoms with Gasteiger partial charge in [-0.3, -0.25) is 0 Å². The molecule has 15 heavy (non-hydrogen) atoms. The summed E-state index contributed by atoms with van der Waals surface area (Å²) >= 11 is 1.38. The lowest BCUT2D eigenvalue weighted by atomic mass is 10.4. The molecule has 0 unspecified atom stereocenters. The Morgan fingerprint density at radius 3 is 2.73 bits per heavy atom. The minimum Gasteiger partial charge on any atom is -0.478 e. The molecule has 0 aliphatic carbocycles. The average molecular weight is 224 g/mol. The molecule has 0 aliphatic rings. The van der Waals surface area contributed by atoms with Crippen LogP contribution >= 0.6 is 11.3 Å². The summed E-state index contributed by atoms with van der Waals surface area (Å²) < 4.78 is 4.52. The van der Waals surface area contributed by atoms with Crippen LogP contribution in [0.5, 0.6) is 5.95 Å². The Hall–Kier alpha value is -1.76. The predicted octanol–water partition coefficient (Wildman–Crippen LogP) is 2.87. The van der Waals surface area contributed by atoms with E-state index in [0.29, 0.717) is 10.8 Å². The summed E-state index contributed by atoms with van der Waals surface area (Å²) in [7, 11) is 0. The SMILES string of the molecule is Cc1csc(N=Nc2c(C)noc2O)n1. The van der Waals surface area contributed by atoms with Crippen LogP contribution in [0.4, 0.5) is 10.8 Å². The van der Waals surface area contributed by atoms with Crippen LogP contribution in [-0.2, 0) is 0 Å². The summed E-state index contributed by atoms with van der Waals surface area (Å²) in [5.74, 6) is -0.329. The normalized spacial score (nSPS) is 11.3. The number of thiazole rings is 1. The third-order valence-corrected chi connectivity index (χ3v) is 2.50. The van der Waals surface area contributed by atoms with Crippen molar-refractivity contribution >= 4 is 22.2 Å². The van der Waals surface area contributed by atoms with Crippen LogP contribution in [0.25, 0.3) is 0 Å². The maximum absolute atomic E-state index is 9.21. The summed E-state index contributed by atoms with van der Waals surface area (Å²) in [5, 5.41) is 22.8. The van der Waals surface area contributed by atoms with Gasteiger partial charge in [0.15, 0.2) is 5.69 Å². The van der Waals surface area contributed by atoms with Crippen molar-refractivity contribution in [3.05, 3.63) is 16.8 Å². The van der Waals surface area contributed by atoms with Crippen LogP contribution in [0.15, 0.2) is 20.1 Å². The Bertz CT molecular complexity index is 483. The first-order chi connectivity index (χ1) is 7.16. The van der Waals surface area contributed by atoms with Crippen molar-refractivity contribution in [2.45, 2.75) is 13.8 Å². The van der Waals surface area contributed by atoms with Crippen LogP contribution in [0.3, 0.4) is 0 Å². The number of azo groups is 1. The molecule has 0 aromatic carbocycles. The molecule has 0 fully saturated rings. The molecule has 6 nitrogen and oxygen atoms in total. The first-order valence-electron chi connectivity index (χ1n) is 4.16. The van der Waals surface area contributed by atoms with E-state index in [4.69, 9.17) is 0 Å². The summed E-state index contributed by atoms with van der Waals surface area (Å²) in [6.07, 6.45) is 0. The molecule has 2 rings (SSSR count). The number of hydrogen-bond donors (Lipinski definition) is 1. The maximum Gasteiger partial charge on any atom is 0.337 e. The van der Waals surface area contributed by atoms with Crippen molar-refractivity contribution in [2.75, 3.05) is 0 Å². The van der Waals surface area contributed by atoms with Gasteiger partial charge in [0, 0.05) is 5.38 Å². The van der Waals surface area contributed by atoms with Crippen molar-refractivity contribution in [1.82, 2.24) is 10.1 Å². The first kappa shape index (κ1) is 9.78. The van der Waals surface area contributed by atoms with Crippen molar-refractivity contribution in [3.63, 3.8) is 0 Å². The molecule has 0 saturated carbocycles. The van der Waals surface area contributed by atoms with Gasteiger partial charge >= 0.3 is 5.95 Å². The molecule has 0 spiro atoms. The van der Waals surface area contributed by atoms with Gasteiger partial charge in [-0.25, -0.2) is 4.98 Å². The van der Waals surface area contributed by atoms with Crippen LogP contribution in [0.1, 0.15) is 11.4 Å². The van der Waals surface area contributed by atoms with E-state index in [0.717, 1.165) is 5.69 Å². The monoisotopic (exact) mass is 224 g/mol. The Kier molecular flexibility index (Phi) is 2.46. The van der Waals surface area contributed by atoms with E-state index in [1.54, 1.807) is 6.92 Å². The second-order valence-corrected chi connectivity index (χ2v) is 3.73. The van der Waals surface area contributed by atoms with Gasteiger partial charge in [0.25, 0.3) is 0 Å². The highest BCUT2D eigenvalue weighted by atomic mass is 32.1. The molecular weight excluding hydrogens is 216 g/mol. The maximum atomic E-state index is 9.21. The molecule has 2 aromatic heterocycles. The van der Waals surface area contributed by atoms with Crippen LogP contribution < -0.4 is 0 Å². The summed E-state index contributed by atoms with van der Waals surface area (Å²) in [6, 6.07) is 0. The van der Waals surface area contributed by atoms with E-state index in [2.05, 4.69) is 24.9 Å². The van der Waals surface area contributed by atoms with E-state index < -0.39 is 0 Å². The van der Waals surface area contributed by atoms with Crippen LogP contribution in [-0.4, -0.2) is 15.2 Å². The lowest BCUT2D eigenvalue weighted by Crippen LogP contribution is -1.68. The van der Waals surface area contributed by atoms with Crippen molar-refractivity contribution < 1.29 is 9.63 Å². The highest BCUT2D eigenvalue weighted by Crippen LogP contribution is 2.31. The molecule has 2 aromatic rings. The van der Waals surface area contributed by atoms with E-state index in [1.807, 2.05) is 12.3 Å². The molecule has 0 atom stereocenters. The predicted molar refractivity (Wildman–Crippen MR) is 53.9 cm³/mol. The van der Waals surface area contributed by atoms with Gasteiger partial charge in [0.2, 0.25) is 5.13 Å². The number of aromatic hydroxyl groups is 1. The number of nitrogens with zero attached hydrogens (tertiary/aromatic N) is 4. The zero-order valence-corrected chi connectivity index (χ0v) is 8.95. The third kappa shape index (κ3) is 2.01. The number of aryl methyl sites for hydroxylation is 2. The minimum atomic E-state index is -0.329. The summed E-state index contributed by atoms with van der Waals surface area (Å²) in [6.45, 7) is 3.54. The lowest BCUT2D eigenvalue weighted by Gasteiger charge is -1.85. The summed E-state index contributed by atoms with van der Waals surface area (Å²) in [4.78, 5) is 4.09. The Morgan fingerprint density at radius 2 is 2.20 bits per heavy atom. The lowest BCUT2D eigenvalue weighted by molar-refractivity contribution is 0.277. The quantitative estimate of drug-likeness (QED) is 0.795. The second-order valence-electron chi connectivity index (χ2n) is 2.89. The molecule has 0 amide bonds. The molecule has 7 heteroatoms. The zero-order chi connectivity index (χ0) is 10.8. The fourth-order valence-corrected chi connectivity index (χ4v) is 1.56. The number of aromatic nitrogens is 2. The van der Waals surface area contributed by atoms with Gasteiger partial charge in [0.05, 0.1) is 5.69 Å². The standard InChI is InChI=1S/C8H8N4O2S/c1-4-3-15-8(9-4)11-10-6-5(2)12-14-7(6)13/h3,13H,1-2H3. The second kappa shape index (κ2) is 3.77. The van der Waals surface area contributed by atoms with E-state index in [9.17, 15) is 5.11 Å². The number of rotatable bonds is 2. The molecule has 0 bridgehead atoms. The smallest absolute Gasteiger partial charge is 0.337 e. The topological polar surface area (TPSA) is 83.9 Å². The molecule has 78 valence electrons. The highest BCUT2D eigenvalue weighted by molar-refractivity contribution is 7.13. The minimum absolute atomic E-state index is 0.239. The van der Waals surface area contributed by atoms with Crippen molar-refractivity contribution in [2.24, 2.45) is 10.2 Å². The fraction of sp³-hybridized carbons (Fsp3) is 0.250. The fourth-order valence-electron chi connectivity index (χ4n) is 0.948. The van der Waals surface area contributed by atoms with Crippen molar-refractivity contribution in [1.29, 1.82) is 0 Å². The molecule has 0 saturated heterocycles. The number of hydrogen-bond acceptors (Lipinski definition) is 7. The Morgan fingerprint density at radius 1 is 1.40 bits per heavy atom. The first-order valence-corrected chi connectivity index (χ1v) is 5.04. The average Bonchev–Trinajstić information content (AvgIpc) is 2.73. The van der Waals surface area contributed by atoms with Gasteiger partial charge in [-0.2, -0.15) is 0 Å². The Balaban J connectivity index is 2.25. The zero-order valence-electron chi connectivity index (χ0n) is 8.13. The molecular formula is C8H8N4O2S. The van der Waals surface area contributed by atoms with E-state index in [1.165, 1.54) is 11.3 Å². The van der Waals surface area contributed by atoms with Gasteiger partial charge in [0.1, 0.15) is 5.69 Å². The third-order valence-electron chi connectivity index (χ3n) is 1.66. The molecule has 0 radical (unpaired) electrons. The molecule has 0 aliphatic heterocycles. The van der Waals surface area contributed by atoms with Crippen LogP contribution in [0.2, 0.25) is 0 Å². The Labute approximate surface area is 89.3 Å². The molecule has 1 N–H and O–H groups in total. The highest BCUT2D eigenvalue weighted by Gasteiger charge is 2.10.